The lowest BCUT2D eigenvalue weighted by Gasteiger charge is -2.21. The predicted octanol–water partition coefficient (Wildman–Crippen LogP) is 4.59. The molecule has 1 aromatic carbocycles. The molecule has 34 heavy (non-hydrogen) atoms. The maximum Gasteiger partial charge on any atom is 0.335 e. The van der Waals surface area contributed by atoms with Crippen LogP contribution in [0.15, 0.2) is 52.1 Å². The van der Waals surface area contributed by atoms with Crippen LogP contribution in [0.2, 0.25) is 0 Å². The second kappa shape index (κ2) is 11.5. The van der Waals surface area contributed by atoms with Gasteiger partial charge in [0.2, 0.25) is 0 Å². The van der Waals surface area contributed by atoms with E-state index in [1.54, 1.807) is 24.3 Å². The van der Waals surface area contributed by atoms with Crippen LogP contribution in [0.3, 0.4) is 0 Å². The number of benzene rings is 1. The average molecular weight is 536 g/mol. The Morgan fingerprint density at radius 1 is 1.35 bits per heavy atom. The predicted molar refractivity (Wildman–Crippen MR) is 130 cm³/mol. The number of methoxy groups -OCH3 is 1. The number of rotatable bonds is 5. The van der Waals surface area contributed by atoms with Crippen molar-refractivity contribution in [2.45, 2.75) is 12.8 Å². The van der Waals surface area contributed by atoms with Crippen molar-refractivity contribution in [1.29, 1.82) is 0 Å². The Balaban J connectivity index is 0.000000270. The van der Waals surface area contributed by atoms with Crippen molar-refractivity contribution in [3.05, 3.63) is 68.1 Å². The van der Waals surface area contributed by atoms with Gasteiger partial charge in [-0.2, -0.15) is 0 Å². The maximum absolute atomic E-state index is 13.9. The molecule has 0 saturated carbocycles. The molecule has 0 bridgehead atoms. The van der Waals surface area contributed by atoms with Crippen molar-refractivity contribution in [2.24, 2.45) is 7.05 Å². The van der Waals surface area contributed by atoms with Gasteiger partial charge < -0.3 is 19.9 Å². The first kappa shape index (κ1) is 27.4. The Hall–Kier alpha value is -2.83. The Kier molecular flexibility index (Phi) is 9.30. The molecule has 3 rings (SSSR count). The highest BCUT2D eigenvalue weighted by Crippen LogP contribution is 2.26. The summed E-state index contributed by atoms with van der Waals surface area (Å²) in [6.07, 6.45) is 1.04. The second-order valence-electron chi connectivity index (χ2n) is 6.91. The number of alkyl halides is 2. The number of hydrogen-bond donors (Lipinski definition) is 2. The van der Waals surface area contributed by atoms with Crippen LogP contribution in [0, 0.1) is 4.64 Å². The summed E-state index contributed by atoms with van der Waals surface area (Å²) in [5.74, 6) is -3.74. The van der Waals surface area contributed by atoms with E-state index in [9.17, 15) is 23.1 Å². The summed E-state index contributed by atoms with van der Waals surface area (Å²) in [4.78, 5) is 12.2. The van der Waals surface area contributed by atoms with E-state index in [-0.39, 0.29) is 34.4 Å². The minimum atomic E-state index is -3.24. The fraction of sp³-hybridized carbons (Fsp3) is 0.286. The van der Waals surface area contributed by atoms with Crippen molar-refractivity contribution >= 4 is 46.9 Å². The molecule has 2 heterocycles. The van der Waals surface area contributed by atoms with Crippen molar-refractivity contribution in [3.63, 3.8) is 0 Å². The minimum Gasteiger partial charge on any atom is -0.504 e. The molecule has 1 aromatic heterocycles. The molecular weight excluding hydrogens is 515 g/mol. The molecule has 0 spiro atoms. The van der Waals surface area contributed by atoms with Crippen molar-refractivity contribution in [2.75, 3.05) is 20.3 Å². The molecule has 0 atom stereocenters. The van der Waals surface area contributed by atoms with Gasteiger partial charge in [0.25, 0.3) is 5.92 Å². The molecule has 0 aliphatic carbocycles. The zero-order chi connectivity index (χ0) is 25.6. The molecule has 2 aromatic rings. The van der Waals surface area contributed by atoms with Gasteiger partial charge in [0.05, 0.1) is 19.3 Å². The van der Waals surface area contributed by atoms with Crippen molar-refractivity contribution in [3.8, 4) is 11.5 Å². The van der Waals surface area contributed by atoms with Crippen LogP contribution >= 0.6 is 36.0 Å². The Labute approximate surface area is 208 Å². The molecule has 1 aliphatic rings. The van der Waals surface area contributed by atoms with E-state index >= 15 is 0 Å². The summed E-state index contributed by atoms with van der Waals surface area (Å²) >= 11 is 15.4. The van der Waals surface area contributed by atoms with E-state index in [2.05, 4.69) is 5.32 Å². The van der Waals surface area contributed by atoms with E-state index in [4.69, 9.17) is 45.5 Å². The van der Waals surface area contributed by atoms with E-state index in [0.717, 1.165) is 21.3 Å². The Morgan fingerprint density at radius 2 is 2.00 bits per heavy atom. The number of para-hydroxylation sites is 2. The Morgan fingerprint density at radius 3 is 2.56 bits per heavy atom. The molecule has 0 amide bonds. The highest BCUT2D eigenvalue weighted by Gasteiger charge is 2.29. The fourth-order valence-electron chi connectivity index (χ4n) is 2.72. The molecule has 0 unspecified atom stereocenters. The zero-order valence-electron chi connectivity index (χ0n) is 18.3. The zero-order valence-corrected chi connectivity index (χ0v) is 20.7. The first-order valence-electron chi connectivity index (χ1n) is 9.56. The van der Waals surface area contributed by atoms with E-state index < -0.39 is 23.1 Å². The van der Waals surface area contributed by atoms with Gasteiger partial charge >= 0.3 is 5.69 Å². The second-order valence-corrected chi connectivity index (χ2v) is 8.27. The van der Waals surface area contributed by atoms with Crippen LogP contribution in [0.5, 0.6) is 11.5 Å². The number of phenolic OH excluding ortho intramolecular Hbond substituents is 1. The molecule has 0 fully saturated rings. The Bertz CT molecular complexity index is 1250. The molecule has 0 radical (unpaired) electrons. The molecule has 184 valence electrons. The summed E-state index contributed by atoms with van der Waals surface area (Å²) in [5, 5.41) is 12.5. The number of nitrogens with zero attached hydrogens (tertiary/aromatic N) is 2. The lowest BCUT2D eigenvalue weighted by atomic mass is 10.2. The van der Waals surface area contributed by atoms with Gasteiger partial charge in [-0.1, -0.05) is 36.0 Å². The van der Waals surface area contributed by atoms with E-state index in [1.807, 2.05) is 0 Å². The number of thiocarbonyl (C=S) groups is 1. The molecule has 0 saturated heterocycles. The third kappa shape index (κ3) is 6.84. The average Bonchev–Trinajstić information content (AvgIpc) is 2.76. The number of aromatic nitrogens is 2. The van der Waals surface area contributed by atoms with E-state index in [0.29, 0.717) is 17.7 Å². The number of ether oxygens (including phenoxy) is 2. The number of allylic oxidation sites excluding steroid dienone is 2. The van der Waals surface area contributed by atoms with Crippen molar-refractivity contribution < 1.29 is 27.8 Å². The first-order valence-corrected chi connectivity index (χ1v) is 10.7. The van der Waals surface area contributed by atoms with Gasteiger partial charge in [0.15, 0.2) is 34.8 Å². The summed E-state index contributed by atoms with van der Waals surface area (Å²) in [6, 6.07) is 7.67. The summed E-state index contributed by atoms with van der Waals surface area (Å²) in [6.45, 7) is 0.937. The molecule has 1 aliphatic heterocycles. The van der Waals surface area contributed by atoms with Gasteiger partial charge in [-0.25, -0.2) is 22.5 Å². The number of halogens is 4. The smallest absolute Gasteiger partial charge is 0.335 e. The highest BCUT2D eigenvalue weighted by atomic mass is 35.5. The SMILES string of the molecule is COC(=S)COc1ccccc1O.Cn1c(C(C)(F)F)cc(=S)n(C2=C(F)C=C(Cl)CN2)c1=O. The maximum atomic E-state index is 13.9. The lowest BCUT2D eigenvalue weighted by Crippen LogP contribution is -2.38. The normalized spacial score (nSPS) is 13.3. The van der Waals surface area contributed by atoms with E-state index in [1.165, 1.54) is 14.2 Å². The van der Waals surface area contributed by atoms with Crippen LogP contribution in [-0.2, 0) is 17.7 Å². The summed E-state index contributed by atoms with van der Waals surface area (Å²) in [5.41, 5.74) is -1.41. The topological polar surface area (TPSA) is 77.7 Å². The molecular formula is C21H21ClF3N3O4S2. The number of nitrogens with one attached hydrogen (secondary N) is 1. The van der Waals surface area contributed by atoms with Crippen LogP contribution < -0.4 is 15.7 Å². The molecule has 7 nitrogen and oxygen atoms in total. The largest absolute Gasteiger partial charge is 0.504 e. The first-order chi connectivity index (χ1) is 15.9. The third-order valence-electron chi connectivity index (χ3n) is 4.37. The quantitative estimate of drug-likeness (QED) is 0.542. The summed E-state index contributed by atoms with van der Waals surface area (Å²) < 4.78 is 52.0. The molecule has 13 heteroatoms. The summed E-state index contributed by atoms with van der Waals surface area (Å²) in [7, 11) is 2.65. The number of hydrogen-bond acceptors (Lipinski definition) is 7. The number of dihydropyridines is 1. The van der Waals surface area contributed by atoms with Gasteiger partial charge in [-0.05, 0) is 36.5 Å². The standard InChI is InChI=1S/C12H11ClF3N3OS.C9H10O3S/c1-12(15,16)8-4-9(21)19(11(20)18(8)2)10-7(14)3-6(13)5-17-10;1-11-9(13)6-12-8-5-3-2-4-7(8)10/h3-4,17H,5H2,1-2H3;2-5,10H,6H2,1H3. The minimum absolute atomic E-state index is 0.0985. The van der Waals surface area contributed by atoms with Gasteiger partial charge in [0, 0.05) is 19.0 Å². The van der Waals surface area contributed by atoms with Crippen LogP contribution in [0.25, 0.3) is 5.82 Å². The van der Waals surface area contributed by atoms with Crippen LogP contribution in [0.4, 0.5) is 13.2 Å². The third-order valence-corrected chi connectivity index (χ3v) is 5.19. The lowest BCUT2D eigenvalue weighted by molar-refractivity contribution is 0.00835. The van der Waals surface area contributed by atoms with Gasteiger partial charge in [0.1, 0.15) is 4.64 Å². The van der Waals surface area contributed by atoms with Crippen LogP contribution in [-0.4, -0.2) is 39.6 Å². The van der Waals surface area contributed by atoms with Gasteiger partial charge in [-0.15, -0.1) is 0 Å². The highest BCUT2D eigenvalue weighted by molar-refractivity contribution is 7.80. The van der Waals surface area contributed by atoms with Gasteiger partial charge in [-0.3, -0.25) is 4.57 Å². The van der Waals surface area contributed by atoms with Crippen LogP contribution in [0.1, 0.15) is 12.6 Å². The number of aromatic hydroxyl groups is 1. The number of phenols is 1. The fourth-order valence-corrected chi connectivity index (χ4v) is 3.23. The molecule has 2 N–H and O–H groups in total. The van der Waals surface area contributed by atoms with Crippen molar-refractivity contribution in [1.82, 2.24) is 14.5 Å². The monoisotopic (exact) mass is 535 g/mol.